The predicted octanol–water partition coefficient (Wildman–Crippen LogP) is 3.19. The number of aryl methyl sites for hydroxylation is 1. The number of Topliss-reactive ketones (excluding diaryl/α,β-unsaturated/α-hetero) is 1. The first-order valence-corrected chi connectivity index (χ1v) is 4.18. The number of benzene rings is 1. The molecule has 0 unspecified atom stereocenters. The van der Waals surface area contributed by atoms with Crippen molar-refractivity contribution in [2.24, 2.45) is 0 Å². The largest absolute Gasteiger partial charge is 0.461 e. The molecule has 0 aliphatic heterocycles. The molecule has 0 fully saturated rings. The molecule has 0 radical (unpaired) electrons. The summed E-state index contributed by atoms with van der Waals surface area (Å²) in [6, 6.07) is 7.41. The molecule has 1 aromatic carbocycles. The van der Waals surface area contributed by atoms with Crippen molar-refractivity contribution in [3.05, 3.63) is 35.6 Å². The number of rotatable bonds is 1. The molecule has 0 atom stereocenters. The summed E-state index contributed by atoms with van der Waals surface area (Å²) in [6.45, 7) is 3.46. The molecule has 68 valence electrons. The monoisotopic (exact) mass is 176 g/mol. The van der Waals surface area contributed by atoms with Gasteiger partial charge in [0, 0.05) is 12.4 Å². The summed E-state index contributed by atoms with van der Waals surface area (Å²) >= 11 is 0. The van der Waals surface area contributed by atoms with Gasteiger partial charge in [0.1, 0.15) is 11.3 Å². The summed E-state index contributed by atoms with van der Waals surface area (Å²) in [5.74, 6) is 0.955. The van der Waals surface area contributed by atoms with Crippen molar-refractivity contribution in [3.63, 3.8) is 0 Å². The molecule has 0 saturated heterocycles. The van der Waals surface area contributed by atoms with Gasteiger partial charge in [-0.3, -0.25) is 4.79 Å². The molecule has 1 aromatic heterocycles. The minimum Gasteiger partial charge on any atom is -0.461 e. The Bertz CT molecular complexity index is 471. The highest BCUT2D eigenvalue weighted by molar-refractivity contribution is 5.97. The zero-order valence-electron chi connectivity index (χ0n) is 7.63. The number of ketones is 1. The van der Waals surface area contributed by atoms with E-state index in [9.17, 15) is 4.79 Å². The second-order valence-corrected chi connectivity index (χ2v) is 3.17. The van der Waals surface area contributed by atoms with Crippen LogP contribution in [0.1, 0.15) is 24.5 Å². The number of carbonyl (C=O) groups is 1. The van der Waals surface area contributed by atoms with Gasteiger partial charge in [-0.2, -0.15) is 0 Å². The fraction of sp³-hybridized carbons (Fsp3) is 0.182. The molecule has 0 spiro atoms. The van der Waals surface area contributed by atoms with Crippen LogP contribution >= 0.6 is 0 Å². The predicted molar refractivity (Wildman–Crippen MR) is 53.1 cm³/mol. The van der Waals surface area contributed by atoms with Gasteiger partial charge in [0.15, 0.2) is 5.78 Å². The van der Waals surface area contributed by atoms with Crippen LogP contribution in [0.25, 0.3) is 11.0 Å². The van der Waals surface area contributed by atoms with Gasteiger partial charge in [0.25, 0.3) is 0 Å². The number of hydrogen-bond donors (Lipinski definition) is 0. The Morgan fingerprint density at radius 3 is 2.85 bits per heavy atom. The molecule has 1 heterocycles. The van der Waals surface area contributed by atoms with Gasteiger partial charge in [-0.15, -0.1) is 0 Å². The van der Waals surface area contributed by atoms with E-state index in [1.165, 1.54) is 0 Å². The average molecular weight is 176 g/mol. The number of furan rings is 1. The number of carbonyl (C=O) groups excluding carboxylic acids is 1. The Morgan fingerprint density at radius 2 is 2.15 bits per heavy atom. The van der Waals surface area contributed by atoms with Gasteiger partial charge in [0.2, 0.25) is 0 Å². The quantitative estimate of drug-likeness (QED) is 0.624. The highest BCUT2D eigenvalue weighted by Gasteiger charge is 2.03. The van der Waals surface area contributed by atoms with E-state index in [2.05, 4.69) is 0 Å². The molecule has 0 bridgehead atoms. The van der Waals surface area contributed by atoms with Crippen LogP contribution in [0.5, 0.6) is 0 Å². The van der Waals surface area contributed by atoms with Crippen LogP contribution in [0.4, 0.5) is 0 Å². The second-order valence-electron chi connectivity index (χ2n) is 3.17. The van der Waals surface area contributed by atoms with Gasteiger partial charge >= 0.3 is 0 Å². The van der Waals surface area contributed by atoms with Crippen molar-refractivity contribution >= 4 is 16.8 Å². The SMILES string of the molecule is CC(=O)c1ccc2oc(C)cc2c1.[HH]. The maximum atomic E-state index is 11.1. The summed E-state index contributed by atoms with van der Waals surface area (Å²) in [5, 5.41) is 0.991. The molecule has 0 aliphatic rings. The molecule has 13 heavy (non-hydrogen) atoms. The third-order valence-corrected chi connectivity index (χ3v) is 2.05. The first-order chi connectivity index (χ1) is 6.16. The molecule has 2 aromatic rings. The first kappa shape index (κ1) is 8.05. The average Bonchev–Trinajstić information content (AvgIpc) is 2.42. The van der Waals surface area contributed by atoms with E-state index in [0.717, 1.165) is 22.3 Å². The van der Waals surface area contributed by atoms with Crippen LogP contribution in [0.15, 0.2) is 28.7 Å². The van der Waals surface area contributed by atoms with Crippen molar-refractivity contribution in [2.45, 2.75) is 13.8 Å². The summed E-state index contributed by atoms with van der Waals surface area (Å²) < 4.78 is 5.39. The van der Waals surface area contributed by atoms with E-state index in [4.69, 9.17) is 4.42 Å². The van der Waals surface area contributed by atoms with Crippen molar-refractivity contribution in [1.82, 2.24) is 0 Å². The smallest absolute Gasteiger partial charge is 0.159 e. The minimum absolute atomic E-state index is 0. The van der Waals surface area contributed by atoms with Crippen molar-refractivity contribution < 1.29 is 10.6 Å². The Morgan fingerprint density at radius 1 is 1.38 bits per heavy atom. The minimum atomic E-state index is 0. The maximum Gasteiger partial charge on any atom is 0.159 e. The van der Waals surface area contributed by atoms with Crippen LogP contribution < -0.4 is 0 Å². The fourth-order valence-corrected chi connectivity index (χ4v) is 1.40. The standard InChI is InChI=1S/C11H10O2.H2/c1-7-5-10-6-9(8(2)12)3-4-11(10)13-7;/h3-6H,1-2H3;1H. The molecule has 0 aliphatic carbocycles. The van der Waals surface area contributed by atoms with Crippen LogP contribution in [0.2, 0.25) is 0 Å². The van der Waals surface area contributed by atoms with Crippen molar-refractivity contribution in [1.29, 1.82) is 0 Å². The lowest BCUT2D eigenvalue weighted by Crippen LogP contribution is -1.89. The zero-order valence-corrected chi connectivity index (χ0v) is 7.63. The summed E-state index contributed by atoms with van der Waals surface area (Å²) in [6.07, 6.45) is 0. The lowest BCUT2D eigenvalue weighted by atomic mass is 10.1. The van der Waals surface area contributed by atoms with Gasteiger partial charge < -0.3 is 4.42 Å². The Balaban J connectivity index is 0.000000980. The second kappa shape index (κ2) is 2.73. The fourth-order valence-electron chi connectivity index (χ4n) is 1.40. The molecular formula is C11H12O2. The molecular weight excluding hydrogens is 164 g/mol. The van der Waals surface area contributed by atoms with E-state index in [0.29, 0.717) is 0 Å². The van der Waals surface area contributed by atoms with Gasteiger partial charge in [-0.1, -0.05) is 0 Å². The Kier molecular flexibility index (Phi) is 1.69. The van der Waals surface area contributed by atoms with Crippen molar-refractivity contribution in [2.75, 3.05) is 0 Å². The third-order valence-electron chi connectivity index (χ3n) is 2.05. The highest BCUT2D eigenvalue weighted by Crippen LogP contribution is 2.20. The highest BCUT2D eigenvalue weighted by atomic mass is 16.3. The van der Waals surface area contributed by atoms with E-state index in [-0.39, 0.29) is 7.21 Å². The maximum absolute atomic E-state index is 11.1. The van der Waals surface area contributed by atoms with Gasteiger partial charge in [-0.25, -0.2) is 0 Å². The first-order valence-electron chi connectivity index (χ1n) is 4.18. The normalized spacial score (nSPS) is 10.6. The lowest BCUT2D eigenvalue weighted by molar-refractivity contribution is 0.101. The third kappa shape index (κ3) is 1.35. The van der Waals surface area contributed by atoms with E-state index < -0.39 is 0 Å². The molecule has 2 nitrogen and oxygen atoms in total. The van der Waals surface area contributed by atoms with Crippen LogP contribution in [-0.4, -0.2) is 5.78 Å². The van der Waals surface area contributed by atoms with Crippen molar-refractivity contribution in [3.8, 4) is 0 Å². The number of hydrogen-bond acceptors (Lipinski definition) is 2. The van der Waals surface area contributed by atoms with Crippen LogP contribution in [0.3, 0.4) is 0 Å². The zero-order chi connectivity index (χ0) is 9.42. The van der Waals surface area contributed by atoms with Gasteiger partial charge in [0.05, 0.1) is 0 Å². The lowest BCUT2D eigenvalue weighted by Gasteiger charge is -1.93. The molecule has 2 heteroatoms. The Hall–Kier alpha value is -1.57. The van der Waals surface area contributed by atoms with E-state index >= 15 is 0 Å². The molecule has 2 rings (SSSR count). The summed E-state index contributed by atoms with van der Waals surface area (Å²) in [4.78, 5) is 11.1. The van der Waals surface area contributed by atoms with Gasteiger partial charge in [-0.05, 0) is 38.1 Å². The molecule has 0 N–H and O–H groups in total. The van der Waals surface area contributed by atoms with Crippen LogP contribution in [0, 0.1) is 6.92 Å². The topological polar surface area (TPSA) is 30.2 Å². The van der Waals surface area contributed by atoms with E-state index in [1.807, 2.05) is 25.1 Å². The van der Waals surface area contributed by atoms with Crippen LogP contribution in [-0.2, 0) is 0 Å². The summed E-state index contributed by atoms with van der Waals surface area (Å²) in [7, 11) is 0. The van der Waals surface area contributed by atoms with E-state index in [1.54, 1.807) is 13.0 Å². The Labute approximate surface area is 77.6 Å². The molecule has 0 amide bonds. The summed E-state index contributed by atoms with van der Waals surface area (Å²) in [5.41, 5.74) is 1.57. The number of fused-ring (bicyclic) bond motifs is 1. The molecule has 0 saturated carbocycles.